The molecule has 1 fully saturated rings. The fourth-order valence-corrected chi connectivity index (χ4v) is 3.24. The van der Waals surface area contributed by atoms with Crippen LogP contribution in [0.5, 0.6) is 0 Å². The zero-order valence-corrected chi connectivity index (χ0v) is 13.2. The maximum absolute atomic E-state index is 11.1. The molecule has 4 rings (SSSR count). The number of carbonyl (C=O) groups is 1. The van der Waals surface area contributed by atoms with Crippen LogP contribution in [-0.2, 0) is 4.79 Å². The van der Waals surface area contributed by atoms with Crippen molar-refractivity contribution in [3.05, 3.63) is 48.8 Å². The Hall–Kier alpha value is -2.89. The summed E-state index contributed by atoms with van der Waals surface area (Å²) in [6, 6.07) is 12.1. The van der Waals surface area contributed by atoms with Crippen molar-refractivity contribution < 1.29 is 9.90 Å². The highest BCUT2D eigenvalue weighted by Gasteiger charge is 2.26. The number of piperidine rings is 1. The Balaban J connectivity index is 1.67. The molecule has 0 aliphatic carbocycles. The molecule has 0 amide bonds. The second-order valence-electron chi connectivity index (χ2n) is 6.08. The van der Waals surface area contributed by atoms with E-state index < -0.39 is 5.97 Å². The summed E-state index contributed by atoms with van der Waals surface area (Å²) in [7, 11) is 0. The summed E-state index contributed by atoms with van der Waals surface area (Å²) in [5.41, 5.74) is 2.92. The van der Waals surface area contributed by atoms with E-state index in [1.165, 1.54) is 0 Å². The van der Waals surface area contributed by atoms with Crippen molar-refractivity contribution in [3.8, 4) is 11.3 Å². The molecule has 1 saturated heterocycles. The second kappa shape index (κ2) is 5.96. The summed E-state index contributed by atoms with van der Waals surface area (Å²) in [4.78, 5) is 17.8. The van der Waals surface area contributed by atoms with Gasteiger partial charge in [0.1, 0.15) is 5.52 Å². The average molecular weight is 322 g/mol. The molecule has 6 heteroatoms. The molecule has 0 atom stereocenters. The fraction of sp³-hybridized carbons (Fsp3) is 0.278. The van der Waals surface area contributed by atoms with Crippen LogP contribution in [0.2, 0.25) is 0 Å². The van der Waals surface area contributed by atoms with Crippen LogP contribution in [0, 0.1) is 5.92 Å². The first kappa shape index (κ1) is 14.7. The molecule has 3 aromatic rings. The lowest BCUT2D eigenvalue weighted by Crippen LogP contribution is -2.37. The monoisotopic (exact) mass is 322 g/mol. The molecule has 2 aromatic heterocycles. The smallest absolute Gasteiger partial charge is 0.306 e. The Bertz CT molecular complexity index is 867. The molecule has 24 heavy (non-hydrogen) atoms. The van der Waals surface area contributed by atoms with E-state index in [0.717, 1.165) is 22.6 Å². The van der Waals surface area contributed by atoms with Gasteiger partial charge in [-0.05, 0) is 18.9 Å². The lowest BCUT2D eigenvalue weighted by atomic mass is 9.97. The number of aromatic nitrogens is 3. The molecule has 1 aliphatic rings. The van der Waals surface area contributed by atoms with Crippen LogP contribution in [0.3, 0.4) is 0 Å². The van der Waals surface area contributed by atoms with E-state index in [-0.39, 0.29) is 5.92 Å². The normalized spacial score (nSPS) is 15.8. The Morgan fingerprint density at radius 1 is 1.17 bits per heavy atom. The van der Waals surface area contributed by atoms with Gasteiger partial charge in [-0.25, -0.2) is 9.50 Å². The third-order valence-electron chi connectivity index (χ3n) is 4.58. The van der Waals surface area contributed by atoms with Crippen LogP contribution in [0.25, 0.3) is 16.8 Å². The van der Waals surface area contributed by atoms with Gasteiger partial charge in [-0.2, -0.15) is 5.10 Å². The zero-order chi connectivity index (χ0) is 16.5. The van der Waals surface area contributed by atoms with E-state index in [1.807, 2.05) is 47.1 Å². The van der Waals surface area contributed by atoms with Gasteiger partial charge in [0.05, 0.1) is 11.6 Å². The number of hydrogen-bond donors (Lipinski definition) is 1. The quantitative estimate of drug-likeness (QED) is 0.803. The molecule has 0 radical (unpaired) electrons. The van der Waals surface area contributed by atoms with Gasteiger partial charge in [-0.1, -0.05) is 30.3 Å². The molecule has 1 aliphatic heterocycles. The highest BCUT2D eigenvalue weighted by Crippen LogP contribution is 2.28. The second-order valence-corrected chi connectivity index (χ2v) is 6.08. The average Bonchev–Trinajstić information content (AvgIpc) is 3.07. The van der Waals surface area contributed by atoms with E-state index in [2.05, 4.69) is 15.0 Å². The predicted octanol–water partition coefficient (Wildman–Crippen LogP) is 2.70. The molecular weight excluding hydrogens is 304 g/mol. The van der Waals surface area contributed by atoms with Gasteiger partial charge in [-0.3, -0.25) is 4.79 Å². The summed E-state index contributed by atoms with van der Waals surface area (Å²) in [6.45, 7) is 1.41. The van der Waals surface area contributed by atoms with Crippen LogP contribution in [0.4, 0.5) is 5.82 Å². The van der Waals surface area contributed by atoms with E-state index in [0.29, 0.717) is 25.9 Å². The van der Waals surface area contributed by atoms with Gasteiger partial charge in [0, 0.05) is 31.0 Å². The largest absolute Gasteiger partial charge is 0.481 e. The summed E-state index contributed by atoms with van der Waals surface area (Å²) >= 11 is 0. The maximum Gasteiger partial charge on any atom is 0.306 e. The minimum Gasteiger partial charge on any atom is -0.481 e. The number of carboxylic acids is 1. The zero-order valence-electron chi connectivity index (χ0n) is 13.2. The third-order valence-corrected chi connectivity index (χ3v) is 4.58. The fourth-order valence-electron chi connectivity index (χ4n) is 3.24. The van der Waals surface area contributed by atoms with Crippen LogP contribution in [0.1, 0.15) is 12.8 Å². The summed E-state index contributed by atoms with van der Waals surface area (Å²) < 4.78 is 1.84. The minimum atomic E-state index is -0.698. The lowest BCUT2D eigenvalue weighted by molar-refractivity contribution is -0.142. The number of nitrogens with zero attached hydrogens (tertiary/aromatic N) is 4. The van der Waals surface area contributed by atoms with Crippen molar-refractivity contribution >= 4 is 17.3 Å². The van der Waals surface area contributed by atoms with Crippen LogP contribution >= 0.6 is 0 Å². The molecule has 3 heterocycles. The molecular formula is C18H18N4O2. The van der Waals surface area contributed by atoms with E-state index in [4.69, 9.17) is 5.11 Å². The molecule has 0 spiro atoms. The summed E-state index contributed by atoms with van der Waals surface area (Å²) in [5, 5.41) is 13.8. The molecule has 122 valence electrons. The van der Waals surface area contributed by atoms with Crippen molar-refractivity contribution in [2.45, 2.75) is 12.8 Å². The Kier molecular flexibility index (Phi) is 3.65. The third kappa shape index (κ3) is 2.60. The summed E-state index contributed by atoms with van der Waals surface area (Å²) in [6.07, 6.45) is 4.89. The van der Waals surface area contributed by atoms with Crippen molar-refractivity contribution in [2.75, 3.05) is 18.0 Å². The Labute approximate surface area is 139 Å². The first-order chi connectivity index (χ1) is 11.7. The van der Waals surface area contributed by atoms with Gasteiger partial charge in [0.15, 0.2) is 5.82 Å². The van der Waals surface area contributed by atoms with Crippen LogP contribution in [0.15, 0.2) is 48.8 Å². The van der Waals surface area contributed by atoms with E-state index in [1.54, 1.807) is 6.20 Å². The molecule has 1 aromatic carbocycles. The van der Waals surface area contributed by atoms with Crippen molar-refractivity contribution in [2.24, 2.45) is 5.92 Å². The van der Waals surface area contributed by atoms with E-state index >= 15 is 0 Å². The van der Waals surface area contributed by atoms with Gasteiger partial charge in [-0.15, -0.1) is 0 Å². The van der Waals surface area contributed by atoms with Gasteiger partial charge in [0.2, 0.25) is 0 Å². The number of carboxylic acid groups (broad SMARTS) is 1. The van der Waals surface area contributed by atoms with Gasteiger partial charge < -0.3 is 10.0 Å². The topological polar surface area (TPSA) is 70.7 Å². The Morgan fingerprint density at radius 2 is 1.92 bits per heavy atom. The number of aliphatic carboxylic acids is 1. The standard InChI is InChI=1S/C18H18N4O2/c23-18(24)14-6-9-21(10-7-14)17-16-12-15(13-4-2-1-3-5-13)20-22(16)11-8-19-17/h1-5,8,11-12,14H,6-7,9-10H2,(H,23,24). The van der Waals surface area contributed by atoms with Gasteiger partial charge in [0.25, 0.3) is 0 Å². The molecule has 6 nitrogen and oxygen atoms in total. The highest BCUT2D eigenvalue weighted by molar-refractivity contribution is 5.76. The Morgan fingerprint density at radius 3 is 2.62 bits per heavy atom. The predicted molar refractivity (Wildman–Crippen MR) is 91.0 cm³/mol. The minimum absolute atomic E-state index is 0.245. The van der Waals surface area contributed by atoms with Crippen LogP contribution < -0.4 is 4.90 Å². The molecule has 0 bridgehead atoms. The summed E-state index contributed by atoms with van der Waals surface area (Å²) in [5.74, 6) is -0.0710. The SMILES string of the molecule is O=C(O)C1CCN(c2nccn3nc(-c4ccccc4)cc23)CC1. The highest BCUT2D eigenvalue weighted by atomic mass is 16.4. The van der Waals surface area contributed by atoms with Gasteiger partial charge >= 0.3 is 5.97 Å². The molecule has 0 saturated carbocycles. The molecule has 0 unspecified atom stereocenters. The number of benzene rings is 1. The van der Waals surface area contributed by atoms with Crippen LogP contribution in [-0.4, -0.2) is 38.8 Å². The number of fused-ring (bicyclic) bond motifs is 1. The van der Waals surface area contributed by atoms with Crippen molar-refractivity contribution in [1.29, 1.82) is 0 Å². The van der Waals surface area contributed by atoms with Crippen molar-refractivity contribution in [3.63, 3.8) is 0 Å². The number of rotatable bonds is 3. The number of hydrogen-bond acceptors (Lipinski definition) is 4. The van der Waals surface area contributed by atoms with Crippen molar-refractivity contribution in [1.82, 2.24) is 14.6 Å². The van der Waals surface area contributed by atoms with E-state index in [9.17, 15) is 4.79 Å². The number of anilines is 1. The first-order valence-corrected chi connectivity index (χ1v) is 8.10. The molecule has 1 N–H and O–H groups in total. The maximum atomic E-state index is 11.1. The first-order valence-electron chi connectivity index (χ1n) is 8.10. The lowest BCUT2D eigenvalue weighted by Gasteiger charge is -2.31.